The highest BCUT2D eigenvalue weighted by Crippen LogP contribution is 2.36. The van der Waals surface area contributed by atoms with Crippen molar-refractivity contribution in [1.82, 2.24) is 19.1 Å². The lowest BCUT2D eigenvalue weighted by Gasteiger charge is -2.10. The third-order valence-electron chi connectivity index (χ3n) is 4.79. The molecule has 1 saturated carbocycles. The summed E-state index contributed by atoms with van der Waals surface area (Å²) in [5.41, 5.74) is 0.646. The van der Waals surface area contributed by atoms with Crippen molar-refractivity contribution in [2.75, 3.05) is 13.7 Å². The molecule has 1 heterocycles. The highest BCUT2D eigenvalue weighted by Gasteiger charge is 2.30. The minimum Gasteiger partial charge on any atom is -0.495 e. The molecule has 0 amide bonds. The normalized spacial score (nSPS) is 14.1. The van der Waals surface area contributed by atoms with Crippen LogP contribution in [0.4, 0.5) is 0 Å². The predicted molar refractivity (Wildman–Crippen MR) is 108 cm³/mol. The van der Waals surface area contributed by atoms with Crippen LogP contribution < -0.4 is 15.1 Å². The Morgan fingerprint density at radius 1 is 1.10 bits per heavy atom. The summed E-state index contributed by atoms with van der Waals surface area (Å²) in [6.07, 6.45) is 1.90. The first-order valence-electron chi connectivity index (χ1n) is 9.39. The third-order valence-corrected chi connectivity index (χ3v) is 6.29. The lowest BCUT2D eigenvalue weighted by atomic mass is 10.2. The van der Waals surface area contributed by atoms with E-state index in [-0.39, 0.29) is 35.5 Å². The zero-order valence-electron chi connectivity index (χ0n) is 16.0. The second-order valence-corrected chi connectivity index (χ2v) is 8.58. The van der Waals surface area contributed by atoms with Crippen molar-refractivity contribution < 1.29 is 13.2 Å². The molecule has 3 aromatic rings. The van der Waals surface area contributed by atoms with Gasteiger partial charge in [0, 0.05) is 18.2 Å². The first-order valence-corrected chi connectivity index (χ1v) is 10.9. The van der Waals surface area contributed by atoms with E-state index in [1.807, 2.05) is 30.3 Å². The molecule has 1 fully saturated rings. The van der Waals surface area contributed by atoms with Crippen LogP contribution in [0.3, 0.4) is 0 Å². The third kappa shape index (κ3) is 3.96. The van der Waals surface area contributed by atoms with Gasteiger partial charge in [-0.05, 0) is 25.0 Å². The van der Waals surface area contributed by atoms with Gasteiger partial charge < -0.3 is 4.74 Å². The van der Waals surface area contributed by atoms with Gasteiger partial charge in [-0.25, -0.2) is 22.6 Å². The average Bonchev–Trinajstić information content (AvgIpc) is 3.52. The molecule has 2 aromatic carbocycles. The first kappa shape index (κ1) is 19.4. The van der Waals surface area contributed by atoms with Crippen molar-refractivity contribution >= 4 is 10.0 Å². The number of nitrogens with zero attached hydrogens (tertiary/aromatic N) is 3. The maximum Gasteiger partial charge on any atom is 0.346 e. The molecule has 0 spiro atoms. The Labute approximate surface area is 168 Å². The summed E-state index contributed by atoms with van der Waals surface area (Å²) in [5, 5.41) is 4.47. The van der Waals surface area contributed by atoms with E-state index in [2.05, 4.69) is 9.82 Å². The summed E-state index contributed by atoms with van der Waals surface area (Å²) in [6, 6.07) is 16.1. The number of hydrogen-bond acceptors (Lipinski definition) is 5. The molecule has 9 heteroatoms. The molecular formula is C20H22N4O4S. The highest BCUT2D eigenvalue weighted by atomic mass is 32.2. The van der Waals surface area contributed by atoms with E-state index in [9.17, 15) is 13.2 Å². The summed E-state index contributed by atoms with van der Waals surface area (Å²) in [4.78, 5) is 12.9. The van der Waals surface area contributed by atoms with Crippen LogP contribution in [0.15, 0.2) is 64.3 Å². The Morgan fingerprint density at radius 2 is 1.79 bits per heavy atom. The van der Waals surface area contributed by atoms with E-state index in [4.69, 9.17) is 4.74 Å². The maximum absolute atomic E-state index is 12.8. The number of nitrogens with one attached hydrogen (secondary N) is 1. The summed E-state index contributed by atoms with van der Waals surface area (Å²) in [6.45, 7) is 0.170. The lowest BCUT2D eigenvalue weighted by molar-refractivity contribution is 0.402. The quantitative estimate of drug-likeness (QED) is 0.609. The summed E-state index contributed by atoms with van der Waals surface area (Å²) < 4.78 is 35.9. The van der Waals surface area contributed by atoms with Crippen molar-refractivity contribution in [2.24, 2.45) is 0 Å². The van der Waals surface area contributed by atoms with Crippen LogP contribution in [0.5, 0.6) is 5.75 Å². The van der Waals surface area contributed by atoms with Crippen molar-refractivity contribution in [3.05, 3.63) is 65.1 Å². The Balaban J connectivity index is 1.54. The van der Waals surface area contributed by atoms with E-state index < -0.39 is 10.0 Å². The fourth-order valence-corrected chi connectivity index (χ4v) is 4.41. The number of methoxy groups -OCH3 is 1. The van der Waals surface area contributed by atoms with Gasteiger partial charge in [0.2, 0.25) is 10.0 Å². The van der Waals surface area contributed by atoms with Crippen LogP contribution in [0.2, 0.25) is 0 Å². The smallest absolute Gasteiger partial charge is 0.346 e. The fraction of sp³-hybridized carbons (Fsp3) is 0.300. The van der Waals surface area contributed by atoms with Gasteiger partial charge in [0.15, 0.2) is 5.82 Å². The van der Waals surface area contributed by atoms with Gasteiger partial charge in [0.1, 0.15) is 10.6 Å². The van der Waals surface area contributed by atoms with Crippen molar-refractivity contribution in [2.45, 2.75) is 30.3 Å². The predicted octanol–water partition coefficient (Wildman–Crippen LogP) is 2.03. The van der Waals surface area contributed by atoms with Gasteiger partial charge in [-0.2, -0.15) is 0 Å². The molecule has 0 atom stereocenters. The minimum atomic E-state index is -3.77. The number of aromatic nitrogens is 3. The summed E-state index contributed by atoms with van der Waals surface area (Å²) in [7, 11) is -2.35. The molecule has 8 nitrogen and oxygen atoms in total. The number of rotatable bonds is 8. The van der Waals surface area contributed by atoms with Gasteiger partial charge in [-0.15, -0.1) is 5.10 Å². The molecule has 29 heavy (non-hydrogen) atoms. The molecular weight excluding hydrogens is 392 g/mol. The van der Waals surface area contributed by atoms with Crippen LogP contribution in [0.25, 0.3) is 11.4 Å². The number of ether oxygens (including phenoxy) is 1. The second kappa shape index (κ2) is 7.84. The zero-order valence-corrected chi connectivity index (χ0v) is 16.8. The maximum atomic E-state index is 12.8. The van der Waals surface area contributed by atoms with Crippen LogP contribution in [-0.2, 0) is 16.6 Å². The summed E-state index contributed by atoms with van der Waals surface area (Å²) in [5.74, 6) is 0.882. The molecule has 152 valence electrons. The second-order valence-electron chi connectivity index (χ2n) is 6.85. The highest BCUT2D eigenvalue weighted by molar-refractivity contribution is 7.89. The van der Waals surface area contributed by atoms with Gasteiger partial charge in [-0.3, -0.25) is 4.57 Å². The molecule has 0 saturated heterocycles. The van der Waals surface area contributed by atoms with E-state index >= 15 is 0 Å². The Hall–Kier alpha value is -2.91. The SMILES string of the molecule is COc1ccccc1S(=O)(=O)NCCn1nc(-c2ccccc2)n(C2CC2)c1=O. The zero-order chi connectivity index (χ0) is 20.4. The first-order chi connectivity index (χ1) is 14.0. The minimum absolute atomic E-state index is 0.0379. The van der Waals surface area contributed by atoms with Gasteiger partial charge in [0.05, 0.1) is 13.7 Å². The van der Waals surface area contributed by atoms with Crippen molar-refractivity contribution in [3.63, 3.8) is 0 Å². The molecule has 0 radical (unpaired) electrons. The van der Waals surface area contributed by atoms with Crippen LogP contribution in [-0.4, -0.2) is 36.4 Å². The van der Waals surface area contributed by atoms with E-state index in [0.29, 0.717) is 5.82 Å². The Morgan fingerprint density at radius 3 is 2.48 bits per heavy atom. The van der Waals surface area contributed by atoms with Gasteiger partial charge in [0.25, 0.3) is 0 Å². The monoisotopic (exact) mass is 414 g/mol. The number of hydrogen-bond donors (Lipinski definition) is 1. The molecule has 1 aromatic heterocycles. The standard InChI is InChI=1S/C20H22N4O4S/c1-28-17-9-5-6-10-18(17)29(26,27)21-13-14-23-20(25)24(16-11-12-16)19(22-23)15-7-3-2-4-8-15/h2-10,16,21H,11-14H2,1H3. The van der Waals surface area contributed by atoms with Gasteiger partial charge >= 0.3 is 5.69 Å². The molecule has 1 N–H and O–H groups in total. The van der Waals surface area contributed by atoms with E-state index in [0.717, 1.165) is 18.4 Å². The fourth-order valence-electron chi connectivity index (χ4n) is 3.22. The van der Waals surface area contributed by atoms with Crippen LogP contribution in [0.1, 0.15) is 18.9 Å². The summed E-state index contributed by atoms with van der Waals surface area (Å²) >= 11 is 0. The Bertz CT molecular complexity index is 1160. The van der Waals surface area contributed by atoms with Gasteiger partial charge in [-0.1, -0.05) is 42.5 Å². The number of benzene rings is 2. The molecule has 0 aliphatic heterocycles. The topological polar surface area (TPSA) is 95.2 Å². The van der Waals surface area contributed by atoms with E-state index in [1.54, 1.807) is 22.8 Å². The molecule has 0 bridgehead atoms. The molecule has 1 aliphatic rings. The van der Waals surface area contributed by atoms with E-state index in [1.165, 1.54) is 17.9 Å². The number of sulfonamides is 1. The largest absolute Gasteiger partial charge is 0.495 e. The van der Waals surface area contributed by atoms with Crippen LogP contribution in [0, 0.1) is 0 Å². The molecule has 4 rings (SSSR count). The van der Waals surface area contributed by atoms with Crippen LogP contribution >= 0.6 is 0 Å². The lowest BCUT2D eigenvalue weighted by Crippen LogP contribution is -2.32. The Kier molecular flexibility index (Phi) is 5.25. The average molecular weight is 414 g/mol. The van der Waals surface area contributed by atoms with Crippen molar-refractivity contribution in [1.29, 1.82) is 0 Å². The number of para-hydroxylation sites is 1. The molecule has 0 unspecified atom stereocenters. The molecule has 1 aliphatic carbocycles. The van der Waals surface area contributed by atoms with Crippen molar-refractivity contribution in [3.8, 4) is 17.1 Å².